The van der Waals surface area contributed by atoms with E-state index in [1.54, 1.807) is 6.33 Å². The van der Waals surface area contributed by atoms with E-state index in [2.05, 4.69) is 61.3 Å². The highest BCUT2D eigenvalue weighted by Gasteiger charge is 2.26. The van der Waals surface area contributed by atoms with Gasteiger partial charge in [0.05, 0.1) is 11.4 Å². The molecule has 162 valence electrons. The van der Waals surface area contributed by atoms with Gasteiger partial charge < -0.3 is 5.32 Å². The molecule has 31 heavy (non-hydrogen) atoms. The van der Waals surface area contributed by atoms with Crippen molar-refractivity contribution in [3.8, 4) is 22.0 Å². The molecule has 0 atom stereocenters. The summed E-state index contributed by atoms with van der Waals surface area (Å²) in [7, 11) is 0. The van der Waals surface area contributed by atoms with E-state index in [0.29, 0.717) is 11.8 Å². The molecule has 0 aromatic carbocycles. The van der Waals surface area contributed by atoms with Crippen LogP contribution in [0.4, 0.5) is 0 Å². The summed E-state index contributed by atoms with van der Waals surface area (Å²) in [5.74, 6) is 0.912. The molecule has 4 aromatic heterocycles. The Hall–Kier alpha value is -2.58. The predicted molar refractivity (Wildman–Crippen MR) is 125 cm³/mol. The van der Waals surface area contributed by atoms with Crippen molar-refractivity contribution in [2.45, 2.75) is 59.3 Å². The van der Waals surface area contributed by atoms with Gasteiger partial charge >= 0.3 is 0 Å². The molecular formula is C23H29N7S. The van der Waals surface area contributed by atoms with Crippen LogP contribution in [0.3, 0.4) is 0 Å². The quantitative estimate of drug-likeness (QED) is 0.483. The molecule has 7 nitrogen and oxygen atoms in total. The van der Waals surface area contributed by atoms with Crippen LogP contribution in [0.2, 0.25) is 0 Å². The summed E-state index contributed by atoms with van der Waals surface area (Å²) in [4.78, 5) is 10.8. The topological polar surface area (TPSA) is 83.8 Å². The normalized spacial score (nSPS) is 15.4. The average molecular weight is 436 g/mol. The summed E-state index contributed by atoms with van der Waals surface area (Å²) in [6.45, 7) is 13.0. The van der Waals surface area contributed by atoms with Crippen LogP contribution in [0.25, 0.3) is 27.6 Å². The summed E-state index contributed by atoms with van der Waals surface area (Å²) in [6, 6.07) is 0. The fraction of sp³-hybridized carbons (Fsp3) is 0.478. The van der Waals surface area contributed by atoms with Gasteiger partial charge in [-0.3, -0.25) is 5.10 Å². The lowest BCUT2D eigenvalue weighted by Crippen LogP contribution is -2.26. The van der Waals surface area contributed by atoms with E-state index in [9.17, 15) is 0 Å². The number of pyridine rings is 1. The molecule has 0 aliphatic carbocycles. The van der Waals surface area contributed by atoms with Gasteiger partial charge in [-0.15, -0.1) is 11.3 Å². The standard InChI is InChI=1S/C23H29N7S/c1-12(2)18-19(17-10-30-22(25-11-26-30)14(4)13(17)3)28-29-20(18)23-27-15(5)21(31-23)16-6-8-24-9-7-16/h10-12,16,24H,6-9H2,1-5H3,(H,28,29). The molecule has 0 saturated carbocycles. The second kappa shape index (κ2) is 7.84. The third-order valence-electron chi connectivity index (χ3n) is 6.52. The van der Waals surface area contributed by atoms with Crippen molar-refractivity contribution in [3.05, 3.63) is 39.8 Å². The SMILES string of the molecule is Cc1nc(-c2n[nH]c(-c3cn4ncnc4c(C)c3C)c2C(C)C)sc1C1CCNCC1. The van der Waals surface area contributed by atoms with Crippen molar-refractivity contribution in [3.63, 3.8) is 0 Å². The first-order valence-corrected chi connectivity index (χ1v) is 11.8. The van der Waals surface area contributed by atoms with Crippen LogP contribution in [0, 0.1) is 20.8 Å². The van der Waals surface area contributed by atoms with Crippen LogP contribution in [0.5, 0.6) is 0 Å². The second-order valence-electron chi connectivity index (χ2n) is 8.83. The number of thiazole rings is 1. The van der Waals surface area contributed by atoms with Crippen LogP contribution in [-0.4, -0.2) is 42.9 Å². The molecule has 0 bridgehead atoms. The molecule has 5 rings (SSSR count). The van der Waals surface area contributed by atoms with Gasteiger partial charge in [0, 0.05) is 22.2 Å². The molecule has 8 heteroatoms. The van der Waals surface area contributed by atoms with Crippen molar-refractivity contribution < 1.29 is 0 Å². The Balaban J connectivity index is 1.63. The lowest BCUT2D eigenvalue weighted by molar-refractivity contribution is 0.463. The van der Waals surface area contributed by atoms with Gasteiger partial charge in [0.25, 0.3) is 0 Å². The Morgan fingerprint density at radius 1 is 1.13 bits per heavy atom. The van der Waals surface area contributed by atoms with Crippen molar-refractivity contribution in [1.82, 2.24) is 35.1 Å². The van der Waals surface area contributed by atoms with Crippen LogP contribution in [0.15, 0.2) is 12.5 Å². The second-order valence-corrected chi connectivity index (χ2v) is 9.86. The number of aromatic nitrogens is 6. The zero-order valence-electron chi connectivity index (χ0n) is 18.8. The van der Waals surface area contributed by atoms with Gasteiger partial charge in [-0.2, -0.15) is 10.2 Å². The highest BCUT2D eigenvalue weighted by atomic mass is 32.1. The number of H-pyrrole nitrogens is 1. The minimum absolute atomic E-state index is 0.307. The third kappa shape index (κ3) is 3.38. The zero-order chi connectivity index (χ0) is 21.7. The molecule has 4 aromatic rings. The number of aryl methyl sites for hydroxylation is 2. The molecule has 2 N–H and O–H groups in total. The first kappa shape index (κ1) is 20.3. The van der Waals surface area contributed by atoms with Crippen molar-refractivity contribution in [2.75, 3.05) is 13.1 Å². The first-order chi connectivity index (χ1) is 15.0. The highest BCUT2D eigenvalue weighted by molar-refractivity contribution is 7.15. The molecule has 1 fully saturated rings. The summed E-state index contributed by atoms with van der Waals surface area (Å²) < 4.78 is 1.85. The molecule has 0 spiro atoms. The Morgan fingerprint density at radius 2 is 1.90 bits per heavy atom. The van der Waals surface area contributed by atoms with E-state index in [1.807, 2.05) is 15.9 Å². The summed E-state index contributed by atoms with van der Waals surface area (Å²) >= 11 is 1.82. The van der Waals surface area contributed by atoms with Gasteiger partial charge in [-0.25, -0.2) is 14.5 Å². The lowest BCUT2D eigenvalue weighted by Gasteiger charge is -2.21. The maximum absolute atomic E-state index is 4.98. The molecule has 1 aliphatic rings. The Labute approximate surface area is 186 Å². The number of rotatable bonds is 4. The van der Waals surface area contributed by atoms with E-state index < -0.39 is 0 Å². The van der Waals surface area contributed by atoms with Crippen molar-refractivity contribution >= 4 is 17.0 Å². The molecule has 1 aliphatic heterocycles. The van der Waals surface area contributed by atoms with Crippen LogP contribution >= 0.6 is 11.3 Å². The van der Waals surface area contributed by atoms with E-state index in [4.69, 9.17) is 10.1 Å². The van der Waals surface area contributed by atoms with Gasteiger partial charge in [-0.1, -0.05) is 13.8 Å². The summed E-state index contributed by atoms with van der Waals surface area (Å²) in [5, 5.41) is 17.0. The largest absolute Gasteiger partial charge is 0.317 e. The van der Waals surface area contributed by atoms with Gasteiger partial charge in [0.15, 0.2) is 5.65 Å². The molecule has 0 amide bonds. The number of fused-ring (bicyclic) bond motifs is 1. The van der Waals surface area contributed by atoms with E-state index in [1.165, 1.54) is 28.8 Å². The van der Waals surface area contributed by atoms with Crippen LogP contribution < -0.4 is 5.32 Å². The lowest BCUT2D eigenvalue weighted by atomic mass is 9.94. The minimum atomic E-state index is 0.307. The Morgan fingerprint density at radius 3 is 2.65 bits per heavy atom. The third-order valence-corrected chi connectivity index (χ3v) is 7.85. The summed E-state index contributed by atoms with van der Waals surface area (Å²) in [6.07, 6.45) is 6.03. The fourth-order valence-electron chi connectivity index (χ4n) is 4.71. The molecule has 0 unspecified atom stereocenters. The predicted octanol–water partition coefficient (Wildman–Crippen LogP) is 4.76. The van der Waals surface area contributed by atoms with Crippen LogP contribution in [0.1, 0.15) is 65.8 Å². The van der Waals surface area contributed by atoms with Crippen molar-refractivity contribution in [1.29, 1.82) is 0 Å². The van der Waals surface area contributed by atoms with Gasteiger partial charge in [-0.05, 0) is 69.7 Å². The number of aromatic amines is 1. The monoisotopic (exact) mass is 435 g/mol. The van der Waals surface area contributed by atoms with E-state index >= 15 is 0 Å². The molecule has 1 saturated heterocycles. The zero-order valence-corrected chi connectivity index (χ0v) is 19.6. The number of piperidine rings is 1. The first-order valence-electron chi connectivity index (χ1n) is 11.0. The van der Waals surface area contributed by atoms with Crippen molar-refractivity contribution in [2.24, 2.45) is 0 Å². The van der Waals surface area contributed by atoms with Crippen LogP contribution in [-0.2, 0) is 0 Å². The van der Waals surface area contributed by atoms with Gasteiger partial charge in [0.1, 0.15) is 17.0 Å². The number of hydrogen-bond donors (Lipinski definition) is 2. The average Bonchev–Trinajstić information content (AvgIpc) is 3.48. The highest BCUT2D eigenvalue weighted by Crippen LogP contribution is 2.41. The Kier molecular flexibility index (Phi) is 5.14. The fourth-order valence-corrected chi connectivity index (χ4v) is 5.95. The molecular weight excluding hydrogens is 406 g/mol. The summed E-state index contributed by atoms with van der Waals surface area (Å²) in [5.41, 5.74) is 8.75. The number of nitrogens with zero attached hydrogens (tertiary/aromatic N) is 5. The number of hydrogen-bond acceptors (Lipinski definition) is 6. The van der Waals surface area contributed by atoms with E-state index in [-0.39, 0.29) is 0 Å². The minimum Gasteiger partial charge on any atom is -0.317 e. The Bertz CT molecular complexity index is 1240. The smallest absolute Gasteiger partial charge is 0.158 e. The molecule has 0 radical (unpaired) electrons. The maximum Gasteiger partial charge on any atom is 0.158 e. The maximum atomic E-state index is 4.98. The number of nitrogens with one attached hydrogen (secondary N) is 2. The van der Waals surface area contributed by atoms with E-state index in [0.717, 1.165) is 52.0 Å². The van der Waals surface area contributed by atoms with Gasteiger partial charge in [0.2, 0.25) is 0 Å². The molecule has 5 heterocycles.